The van der Waals surface area contributed by atoms with Crippen LogP contribution < -0.4 is 23.7 Å². The second-order valence-corrected chi connectivity index (χ2v) is 16.7. The molecule has 1 spiro atoms. The Morgan fingerprint density at radius 3 is 1.73 bits per heavy atom. The highest BCUT2D eigenvalue weighted by Crippen LogP contribution is 2.67. The molecule has 266 valence electrons. The van der Waals surface area contributed by atoms with Gasteiger partial charge in [-0.15, -0.1) is 0 Å². The van der Waals surface area contributed by atoms with Gasteiger partial charge < -0.3 is 28.4 Å². The Morgan fingerprint density at radius 1 is 0.615 bits per heavy atom. The molecule has 5 aromatic rings. The monoisotopic (exact) mass is 694 g/mol. The fourth-order valence-corrected chi connectivity index (χ4v) is 10.5. The van der Waals surface area contributed by atoms with Crippen LogP contribution in [0.1, 0.15) is 81.7 Å². The van der Waals surface area contributed by atoms with Crippen molar-refractivity contribution < 1.29 is 28.4 Å². The first kappa shape index (κ1) is 32.9. The highest BCUT2D eigenvalue weighted by Gasteiger charge is 2.55. The lowest BCUT2D eigenvalue weighted by molar-refractivity contribution is -0.254. The lowest BCUT2D eigenvalue weighted by Crippen LogP contribution is -2.44. The SMILES string of the molecule is COc1ccc(C2(c3ccc(OC)cc3)C=Cc3c4c(c5cc6c(cc5c3O2)OC(C)(OC)O6)-c2ccccc2C42CC(C)(C)CC(C)(C)C2)cc1. The van der Waals surface area contributed by atoms with Gasteiger partial charge in [-0.25, -0.2) is 0 Å². The van der Waals surface area contributed by atoms with Crippen molar-refractivity contribution in [2.75, 3.05) is 21.3 Å². The van der Waals surface area contributed by atoms with Gasteiger partial charge in [0, 0.05) is 41.5 Å². The molecule has 0 amide bonds. The maximum Gasteiger partial charge on any atom is 0.368 e. The van der Waals surface area contributed by atoms with Crippen molar-refractivity contribution in [2.45, 2.75) is 70.9 Å². The number of rotatable bonds is 5. The molecule has 4 aliphatic rings. The van der Waals surface area contributed by atoms with E-state index in [0.29, 0.717) is 11.5 Å². The Hall–Kier alpha value is -4.94. The molecule has 1 unspecified atom stereocenters. The molecular weight excluding hydrogens is 648 g/mol. The van der Waals surface area contributed by atoms with Crippen molar-refractivity contribution >= 4 is 16.8 Å². The number of benzene rings is 5. The van der Waals surface area contributed by atoms with Crippen molar-refractivity contribution in [3.8, 4) is 39.9 Å². The fourth-order valence-electron chi connectivity index (χ4n) is 10.5. The van der Waals surface area contributed by atoms with Gasteiger partial charge in [-0.2, -0.15) is 0 Å². The molecule has 2 heterocycles. The summed E-state index contributed by atoms with van der Waals surface area (Å²) in [6.07, 6.45) is 7.81. The molecule has 5 aromatic carbocycles. The number of ether oxygens (including phenoxy) is 6. The summed E-state index contributed by atoms with van der Waals surface area (Å²) in [6.45, 7) is 11.6. The van der Waals surface area contributed by atoms with E-state index >= 15 is 0 Å². The van der Waals surface area contributed by atoms with Crippen LogP contribution in [0.2, 0.25) is 0 Å². The van der Waals surface area contributed by atoms with Crippen LogP contribution in [-0.4, -0.2) is 27.3 Å². The predicted octanol–water partition coefficient (Wildman–Crippen LogP) is 10.8. The average molecular weight is 695 g/mol. The Balaban J connectivity index is 1.38. The molecule has 0 bridgehead atoms. The number of fused-ring (bicyclic) bond motifs is 11. The van der Waals surface area contributed by atoms with E-state index in [1.54, 1.807) is 28.3 Å². The van der Waals surface area contributed by atoms with Crippen molar-refractivity contribution in [3.05, 3.63) is 119 Å². The summed E-state index contributed by atoms with van der Waals surface area (Å²) < 4.78 is 37.2. The van der Waals surface area contributed by atoms with Gasteiger partial charge in [0.2, 0.25) is 0 Å². The zero-order chi connectivity index (χ0) is 36.3. The molecule has 1 atom stereocenters. The van der Waals surface area contributed by atoms with E-state index in [1.165, 1.54) is 22.3 Å². The van der Waals surface area contributed by atoms with Gasteiger partial charge in [0.15, 0.2) is 17.1 Å². The maximum atomic E-state index is 7.66. The first-order valence-electron chi connectivity index (χ1n) is 18.2. The molecule has 0 saturated heterocycles. The first-order chi connectivity index (χ1) is 24.8. The molecular formula is C46H46O6. The number of methoxy groups -OCH3 is 3. The van der Waals surface area contributed by atoms with Crippen LogP contribution in [0.3, 0.4) is 0 Å². The summed E-state index contributed by atoms with van der Waals surface area (Å²) in [5, 5.41) is 2.05. The van der Waals surface area contributed by atoms with Gasteiger partial charge in [-0.05, 0) is 100 Å². The number of hydrogen-bond donors (Lipinski definition) is 0. The zero-order valence-corrected chi connectivity index (χ0v) is 31.3. The van der Waals surface area contributed by atoms with Crippen LogP contribution in [0, 0.1) is 10.8 Å². The van der Waals surface area contributed by atoms with Crippen LogP contribution in [0.15, 0.2) is 91.0 Å². The highest BCUT2D eigenvalue weighted by atomic mass is 16.9. The summed E-state index contributed by atoms with van der Waals surface area (Å²) in [7, 11) is 4.98. The molecule has 0 radical (unpaired) electrons. The summed E-state index contributed by atoms with van der Waals surface area (Å²) in [4.78, 5) is 0. The number of hydrogen-bond acceptors (Lipinski definition) is 6. The summed E-state index contributed by atoms with van der Waals surface area (Å²) in [6, 6.07) is 29.6. The second kappa shape index (κ2) is 11.0. The largest absolute Gasteiger partial charge is 0.497 e. The van der Waals surface area contributed by atoms with E-state index < -0.39 is 11.6 Å². The van der Waals surface area contributed by atoms with E-state index in [2.05, 4.69) is 101 Å². The van der Waals surface area contributed by atoms with Crippen LogP contribution in [-0.2, 0) is 15.8 Å². The maximum absolute atomic E-state index is 7.66. The van der Waals surface area contributed by atoms with Gasteiger partial charge >= 0.3 is 5.97 Å². The molecule has 0 N–H and O–H groups in total. The van der Waals surface area contributed by atoms with Crippen LogP contribution in [0.4, 0.5) is 0 Å². The Kier molecular flexibility index (Phi) is 6.99. The molecule has 6 heteroatoms. The van der Waals surface area contributed by atoms with Crippen LogP contribution in [0.25, 0.3) is 28.0 Å². The summed E-state index contributed by atoms with van der Waals surface area (Å²) >= 11 is 0. The van der Waals surface area contributed by atoms with Crippen molar-refractivity contribution in [3.63, 3.8) is 0 Å². The van der Waals surface area contributed by atoms with E-state index in [9.17, 15) is 0 Å². The third-order valence-electron chi connectivity index (χ3n) is 11.8. The van der Waals surface area contributed by atoms with E-state index in [-0.39, 0.29) is 16.2 Å². The highest BCUT2D eigenvalue weighted by molar-refractivity contribution is 6.09. The van der Waals surface area contributed by atoms with Gasteiger partial charge in [-0.1, -0.05) is 82.3 Å². The molecule has 2 aliphatic heterocycles. The molecule has 0 aromatic heterocycles. The van der Waals surface area contributed by atoms with Gasteiger partial charge in [-0.3, -0.25) is 0 Å². The standard InChI is InChI=1S/C46H46O6/c1-42(2)25-43(3,4)27-45(26-42)36-12-10-9-11-32(36)39-34-23-37-38(51-44(5,49-8)50-37)24-35(34)41-33(40(39)45)21-22-46(52-41,28-13-17-30(47-6)18-14-28)29-15-19-31(48-7)20-16-29/h9-24H,25-27H2,1-8H3. The minimum atomic E-state index is -1.23. The molecule has 1 fully saturated rings. The first-order valence-corrected chi connectivity index (χ1v) is 18.2. The van der Waals surface area contributed by atoms with Gasteiger partial charge in [0.1, 0.15) is 17.2 Å². The van der Waals surface area contributed by atoms with Gasteiger partial charge in [0.25, 0.3) is 0 Å². The fraction of sp³-hybridized carbons (Fsp3) is 0.348. The van der Waals surface area contributed by atoms with E-state index in [1.807, 2.05) is 24.3 Å². The third kappa shape index (κ3) is 4.73. The second-order valence-electron chi connectivity index (χ2n) is 16.7. The van der Waals surface area contributed by atoms with Crippen LogP contribution >= 0.6 is 0 Å². The Labute approximate surface area is 306 Å². The van der Waals surface area contributed by atoms with E-state index in [4.69, 9.17) is 28.4 Å². The van der Waals surface area contributed by atoms with Gasteiger partial charge in [0.05, 0.1) is 14.2 Å². The smallest absolute Gasteiger partial charge is 0.368 e. The van der Waals surface area contributed by atoms with Crippen molar-refractivity contribution in [2.24, 2.45) is 10.8 Å². The molecule has 1 saturated carbocycles. The third-order valence-corrected chi connectivity index (χ3v) is 11.8. The lowest BCUT2D eigenvalue weighted by Gasteiger charge is -2.52. The van der Waals surface area contributed by atoms with Crippen molar-refractivity contribution in [1.29, 1.82) is 0 Å². The topological polar surface area (TPSA) is 55.4 Å². The average Bonchev–Trinajstić information content (AvgIpc) is 3.60. The zero-order valence-electron chi connectivity index (χ0n) is 31.3. The van der Waals surface area contributed by atoms with E-state index in [0.717, 1.165) is 64.0 Å². The predicted molar refractivity (Wildman–Crippen MR) is 205 cm³/mol. The minimum Gasteiger partial charge on any atom is -0.497 e. The summed E-state index contributed by atoms with van der Waals surface area (Å²) in [5.74, 6) is 2.45. The van der Waals surface area contributed by atoms with Crippen molar-refractivity contribution in [1.82, 2.24) is 0 Å². The molecule has 6 nitrogen and oxygen atoms in total. The molecule has 2 aliphatic carbocycles. The Bertz CT molecular complexity index is 2220. The summed E-state index contributed by atoms with van der Waals surface area (Å²) in [5.41, 5.74) is 7.43. The molecule has 9 rings (SSSR count). The minimum absolute atomic E-state index is 0.114. The molecule has 52 heavy (non-hydrogen) atoms. The quantitative estimate of drug-likeness (QED) is 0.183. The van der Waals surface area contributed by atoms with Crippen LogP contribution in [0.5, 0.6) is 28.7 Å². The Morgan fingerprint density at radius 2 is 1.17 bits per heavy atom. The normalized spacial score (nSPS) is 22.0. The lowest BCUT2D eigenvalue weighted by atomic mass is 9.52.